The molecule has 94 valence electrons. The number of urea groups is 1. The maximum absolute atomic E-state index is 11.7. The van der Waals surface area contributed by atoms with Gasteiger partial charge in [0.2, 0.25) is 5.13 Å². The second kappa shape index (κ2) is 5.28. The fraction of sp³-hybridized carbons (Fsp3) is 0.182. The summed E-state index contributed by atoms with van der Waals surface area (Å²) in [7, 11) is 0. The molecule has 1 heterocycles. The summed E-state index contributed by atoms with van der Waals surface area (Å²) in [5.74, 6) is 0. The summed E-state index contributed by atoms with van der Waals surface area (Å²) >= 11 is 6.09. The average Bonchev–Trinajstić information content (AvgIpc) is 2.68. The van der Waals surface area contributed by atoms with Crippen molar-refractivity contribution in [3.63, 3.8) is 0 Å². The molecule has 0 aliphatic rings. The Kier molecular flexibility index (Phi) is 3.73. The van der Waals surface area contributed by atoms with E-state index in [-0.39, 0.29) is 6.03 Å². The molecule has 0 spiro atoms. The van der Waals surface area contributed by atoms with Gasteiger partial charge in [-0.3, -0.25) is 10.4 Å². The van der Waals surface area contributed by atoms with Crippen LogP contribution >= 0.6 is 23.6 Å². The highest BCUT2D eigenvalue weighted by Crippen LogP contribution is 2.17. The van der Waals surface area contributed by atoms with E-state index in [1.807, 2.05) is 32.0 Å². The van der Waals surface area contributed by atoms with Crippen molar-refractivity contribution in [2.75, 3.05) is 10.6 Å². The molecule has 0 saturated carbocycles. The van der Waals surface area contributed by atoms with Crippen LogP contribution < -0.4 is 10.6 Å². The molecule has 2 rings (SSSR count). The van der Waals surface area contributed by atoms with Crippen LogP contribution in [-0.4, -0.2) is 16.2 Å². The lowest BCUT2D eigenvalue weighted by molar-refractivity contribution is 0.262. The standard InChI is InChI=1S/C11H12N4OS2/c1-6-3-4-8(7(2)5-6)12-9(16)13-10-14-15-11(17)18-10/h3-5H,1-2H3,(H,15,17)(H2,12,13,14,16). The minimum Gasteiger partial charge on any atom is -0.307 e. The average molecular weight is 280 g/mol. The molecule has 0 fully saturated rings. The number of hydrogen-bond donors (Lipinski definition) is 3. The third-order valence-corrected chi connectivity index (χ3v) is 3.29. The molecule has 3 N–H and O–H groups in total. The van der Waals surface area contributed by atoms with E-state index in [1.165, 1.54) is 11.3 Å². The summed E-state index contributed by atoms with van der Waals surface area (Å²) in [5, 5.41) is 12.3. The van der Waals surface area contributed by atoms with Crippen LogP contribution in [-0.2, 0) is 0 Å². The van der Waals surface area contributed by atoms with Gasteiger partial charge in [0.1, 0.15) is 0 Å². The van der Waals surface area contributed by atoms with Crippen molar-refractivity contribution in [2.45, 2.75) is 13.8 Å². The molecule has 1 aromatic carbocycles. The summed E-state index contributed by atoms with van der Waals surface area (Å²) in [5.41, 5.74) is 2.95. The van der Waals surface area contributed by atoms with Crippen LogP contribution in [0.15, 0.2) is 18.2 Å². The lowest BCUT2D eigenvalue weighted by Gasteiger charge is -2.08. The highest BCUT2D eigenvalue weighted by molar-refractivity contribution is 7.73. The number of aryl methyl sites for hydroxylation is 2. The van der Waals surface area contributed by atoms with Gasteiger partial charge in [-0.25, -0.2) is 4.79 Å². The minimum atomic E-state index is -0.334. The predicted octanol–water partition coefficient (Wildman–Crippen LogP) is 3.46. The molecule has 2 amide bonds. The largest absolute Gasteiger partial charge is 0.325 e. The topological polar surface area (TPSA) is 69.8 Å². The normalized spacial score (nSPS) is 10.1. The highest BCUT2D eigenvalue weighted by Gasteiger charge is 2.06. The van der Waals surface area contributed by atoms with Gasteiger partial charge in [0.25, 0.3) is 0 Å². The number of rotatable bonds is 2. The number of hydrogen-bond acceptors (Lipinski definition) is 4. The quantitative estimate of drug-likeness (QED) is 0.738. The maximum atomic E-state index is 11.7. The van der Waals surface area contributed by atoms with Gasteiger partial charge in [-0.1, -0.05) is 29.0 Å². The molecule has 0 radical (unpaired) electrons. The molecule has 0 aliphatic heterocycles. The van der Waals surface area contributed by atoms with Gasteiger partial charge in [-0.15, -0.1) is 5.10 Å². The first-order valence-electron chi connectivity index (χ1n) is 5.25. The molecule has 0 unspecified atom stereocenters. The molecule has 0 atom stereocenters. The first-order chi connectivity index (χ1) is 8.54. The predicted molar refractivity (Wildman–Crippen MR) is 75.9 cm³/mol. The van der Waals surface area contributed by atoms with Crippen molar-refractivity contribution in [1.29, 1.82) is 0 Å². The number of anilines is 2. The smallest absolute Gasteiger partial charge is 0.307 e. The van der Waals surface area contributed by atoms with Crippen molar-refractivity contribution < 1.29 is 4.79 Å². The molecule has 0 bridgehead atoms. The van der Waals surface area contributed by atoms with Crippen LogP contribution in [0.25, 0.3) is 0 Å². The lowest BCUT2D eigenvalue weighted by Crippen LogP contribution is -2.19. The Bertz CT molecular complexity index is 632. The van der Waals surface area contributed by atoms with Crippen molar-refractivity contribution >= 4 is 40.4 Å². The number of nitrogens with one attached hydrogen (secondary N) is 3. The zero-order valence-electron chi connectivity index (χ0n) is 9.90. The molecule has 1 aromatic heterocycles. The number of amides is 2. The summed E-state index contributed by atoms with van der Waals surface area (Å²) in [6.07, 6.45) is 0. The first kappa shape index (κ1) is 12.7. The Morgan fingerprint density at radius 3 is 2.78 bits per heavy atom. The summed E-state index contributed by atoms with van der Waals surface area (Å²) in [6, 6.07) is 5.49. The van der Waals surface area contributed by atoms with Crippen LogP contribution in [0.1, 0.15) is 11.1 Å². The van der Waals surface area contributed by atoms with Crippen molar-refractivity contribution in [1.82, 2.24) is 10.2 Å². The molecule has 2 aromatic rings. The first-order valence-corrected chi connectivity index (χ1v) is 6.48. The molecule has 0 saturated heterocycles. The van der Waals surface area contributed by atoms with E-state index in [9.17, 15) is 4.79 Å². The van der Waals surface area contributed by atoms with Crippen LogP contribution in [0.2, 0.25) is 0 Å². The number of carbonyl (C=O) groups excluding carboxylic acids is 1. The van der Waals surface area contributed by atoms with Gasteiger partial charge in [0, 0.05) is 5.69 Å². The number of H-pyrrole nitrogens is 1. The Hall–Kier alpha value is -1.73. The monoisotopic (exact) mass is 280 g/mol. The molecule has 7 heteroatoms. The summed E-state index contributed by atoms with van der Waals surface area (Å²) < 4.78 is 0.525. The number of benzene rings is 1. The van der Waals surface area contributed by atoms with E-state index >= 15 is 0 Å². The van der Waals surface area contributed by atoms with E-state index in [1.54, 1.807) is 0 Å². The summed E-state index contributed by atoms with van der Waals surface area (Å²) in [4.78, 5) is 11.7. The number of aromatic amines is 1. The van der Waals surface area contributed by atoms with Crippen LogP contribution in [0, 0.1) is 17.8 Å². The molecule has 5 nitrogen and oxygen atoms in total. The van der Waals surface area contributed by atoms with Gasteiger partial charge in [0.05, 0.1) is 0 Å². The van der Waals surface area contributed by atoms with Crippen LogP contribution in [0.3, 0.4) is 0 Å². The van der Waals surface area contributed by atoms with Crippen LogP contribution in [0.4, 0.5) is 15.6 Å². The Labute approximate surface area is 113 Å². The van der Waals surface area contributed by atoms with Gasteiger partial charge >= 0.3 is 6.03 Å². The van der Waals surface area contributed by atoms with E-state index < -0.39 is 0 Å². The highest BCUT2D eigenvalue weighted by atomic mass is 32.1. The van der Waals surface area contributed by atoms with E-state index in [0.717, 1.165) is 16.8 Å². The second-order valence-corrected chi connectivity index (χ2v) is 5.48. The van der Waals surface area contributed by atoms with Gasteiger partial charge in [0.15, 0.2) is 3.95 Å². The van der Waals surface area contributed by atoms with Crippen molar-refractivity contribution in [2.24, 2.45) is 0 Å². The SMILES string of the molecule is Cc1ccc(NC(=O)Nc2n[nH]c(=S)s2)c(C)c1. The Morgan fingerprint density at radius 2 is 2.17 bits per heavy atom. The second-order valence-electron chi connectivity index (χ2n) is 3.82. The third kappa shape index (κ3) is 3.14. The van der Waals surface area contributed by atoms with E-state index in [0.29, 0.717) is 9.09 Å². The van der Waals surface area contributed by atoms with Crippen molar-refractivity contribution in [3.05, 3.63) is 33.3 Å². The molecule has 0 aliphatic carbocycles. The van der Waals surface area contributed by atoms with E-state index in [4.69, 9.17) is 12.2 Å². The lowest BCUT2D eigenvalue weighted by atomic mass is 10.1. The van der Waals surface area contributed by atoms with Gasteiger partial charge < -0.3 is 5.32 Å². The molecular weight excluding hydrogens is 268 g/mol. The molecule has 18 heavy (non-hydrogen) atoms. The Morgan fingerprint density at radius 1 is 1.39 bits per heavy atom. The van der Waals surface area contributed by atoms with Gasteiger partial charge in [-0.05, 0) is 37.7 Å². The summed E-state index contributed by atoms with van der Waals surface area (Å²) in [6.45, 7) is 3.95. The maximum Gasteiger partial charge on any atom is 0.325 e. The molecular formula is C11H12N4OS2. The minimum absolute atomic E-state index is 0.334. The number of carbonyl (C=O) groups is 1. The van der Waals surface area contributed by atoms with Crippen molar-refractivity contribution in [3.8, 4) is 0 Å². The fourth-order valence-electron chi connectivity index (χ4n) is 1.49. The third-order valence-electron chi connectivity index (χ3n) is 2.29. The number of aromatic nitrogens is 2. The zero-order chi connectivity index (χ0) is 13.1. The van der Waals surface area contributed by atoms with Crippen LogP contribution in [0.5, 0.6) is 0 Å². The Balaban J connectivity index is 2.05. The fourth-order valence-corrected chi connectivity index (χ4v) is 2.27. The zero-order valence-corrected chi connectivity index (χ0v) is 11.5. The van der Waals surface area contributed by atoms with Gasteiger partial charge in [-0.2, -0.15) is 0 Å². The number of nitrogens with zero attached hydrogens (tertiary/aromatic N) is 1. The van der Waals surface area contributed by atoms with E-state index in [2.05, 4.69) is 20.8 Å².